The molecule has 0 saturated heterocycles. The molecule has 2 aromatic carbocycles. The monoisotopic (exact) mass is 525 g/mol. The van der Waals surface area contributed by atoms with Gasteiger partial charge in [0.25, 0.3) is 0 Å². The first-order chi connectivity index (χ1) is 17.8. The molecule has 0 spiro atoms. The zero-order valence-electron chi connectivity index (χ0n) is 21.0. The lowest BCUT2D eigenvalue weighted by Gasteiger charge is -2.36. The van der Waals surface area contributed by atoms with Crippen LogP contribution in [0.2, 0.25) is 0 Å². The van der Waals surface area contributed by atoms with Crippen molar-refractivity contribution in [3.05, 3.63) is 81.8 Å². The van der Waals surface area contributed by atoms with Gasteiger partial charge in [-0.15, -0.1) is 0 Å². The highest BCUT2D eigenvalue weighted by atomic mass is 32.2. The number of halogens is 1. The second-order valence-electron chi connectivity index (χ2n) is 8.34. The van der Waals surface area contributed by atoms with Crippen LogP contribution in [0.15, 0.2) is 69.8 Å². The van der Waals surface area contributed by atoms with Crippen LogP contribution in [0, 0.1) is 5.82 Å². The van der Waals surface area contributed by atoms with E-state index in [1.807, 2.05) is 22.4 Å². The molecule has 37 heavy (non-hydrogen) atoms. The summed E-state index contributed by atoms with van der Waals surface area (Å²) in [5.41, 5.74) is 3.11. The van der Waals surface area contributed by atoms with Gasteiger partial charge in [0.1, 0.15) is 17.3 Å². The van der Waals surface area contributed by atoms with Crippen LogP contribution >= 0.6 is 11.8 Å². The molecule has 1 amide bonds. The van der Waals surface area contributed by atoms with Gasteiger partial charge in [0.15, 0.2) is 5.17 Å². The standard InChI is InChI=1S/C27H28FN3O5S/c1-5-36-26(33)24-16(2)30-27-31(25(24)18-10-21(34-3)13-22(11-18)35-4)20(15-37-27)12-23(32)29-14-17-6-8-19(28)9-7-17/h6-11,13,15,25H,5,12,14H2,1-4H3,(H,29,32). The number of ether oxygens (including phenoxy) is 3. The zero-order valence-corrected chi connectivity index (χ0v) is 21.9. The van der Waals surface area contributed by atoms with Crippen molar-refractivity contribution in [3.63, 3.8) is 0 Å². The van der Waals surface area contributed by atoms with Crippen LogP contribution in [0.3, 0.4) is 0 Å². The molecule has 2 aliphatic rings. The van der Waals surface area contributed by atoms with Crippen molar-refractivity contribution < 1.29 is 28.2 Å². The molecule has 10 heteroatoms. The van der Waals surface area contributed by atoms with E-state index in [1.165, 1.54) is 23.9 Å². The van der Waals surface area contributed by atoms with Crippen LogP contribution < -0.4 is 14.8 Å². The third-order valence-corrected chi connectivity index (χ3v) is 6.82. The van der Waals surface area contributed by atoms with Crippen LogP contribution in [0.5, 0.6) is 11.5 Å². The quantitative estimate of drug-likeness (QED) is 0.475. The lowest BCUT2D eigenvalue weighted by molar-refractivity contribution is -0.139. The number of hydrogen-bond acceptors (Lipinski definition) is 8. The van der Waals surface area contributed by atoms with Crippen molar-refractivity contribution in [3.8, 4) is 11.5 Å². The maximum absolute atomic E-state index is 13.2. The molecule has 2 aromatic rings. The number of carbonyl (C=O) groups excluding carboxylic acids is 2. The Morgan fingerprint density at radius 1 is 1.11 bits per heavy atom. The number of amides is 1. The first-order valence-electron chi connectivity index (χ1n) is 11.7. The Kier molecular flexibility index (Phi) is 8.17. The SMILES string of the molecule is CCOC(=O)C1=C(C)N=C2SC=C(CC(=O)NCc3ccc(F)cc3)N2C1c1cc(OC)cc(OC)c1. The maximum Gasteiger partial charge on any atom is 0.338 e. The number of thioether (sulfide) groups is 1. The number of amidine groups is 1. The Labute approximate surface area is 219 Å². The number of nitrogens with zero attached hydrogens (tertiary/aromatic N) is 2. The number of fused-ring (bicyclic) bond motifs is 1. The van der Waals surface area contributed by atoms with E-state index in [1.54, 1.807) is 46.3 Å². The minimum atomic E-state index is -0.610. The highest BCUT2D eigenvalue weighted by Gasteiger charge is 2.41. The number of esters is 1. The summed E-state index contributed by atoms with van der Waals surface area (Å²) in [6, 6.07) is 10.8. The number of benzene rings is 2. The molecule has 8 nitrogen and oxygen atoms in total. The van der Waals surface area contributed by atoms with Crippen molar-refractivity contribution in [1.29, 1.82) is 0 Å². The van der Waals surface area contributed by atoms with Gasteiger partial charge in [-0.05, 0) is 54.6 Å². The smallest absolute Gasteiger partial charge is 0.338 e. The van der Waals surface area contributed by atoms with Gasteiger partial charge < -0.3 is 24.4 Å². The second-order valence-corrected chi connectivity index (χ2v) is 9.18. The molecule has 0 radical (unpaired) electrons. The number of hydrogen-bond donors (Lipinski definition) is 1. The summed E-state index contributed by atoms with van der Waals surface area (Å²) in [6.07, 6.45) is 0.0555. The highest BCUT2D eigenvalue weighted by Crippen LogP contribution is 2.46. The molecule has 2 heterocycles. The van der Waals surface area contributed by atoms with E-state index in [0.717, 1.165) is 11.1 Å². The molecule has 1 N–H and O–H groups in total. The minimum absolute atomic E-state index is 0.0555. The van der Waals surface area contributed by atoms with Crippen LogP contribution in [0.25, 0.3) is 0 Å². The predicted octanol–water partition coefficient (Wildman–Crippen LogP) is 4.69. The van der Waals surface area contributed by atoms with Crippen molar-refractivity contribution in [2.75, 3.05) is 20.8 Å². The second kappa shape index (κ2) is 11.5. The number of methoxy groups -OCH3 is 2. The van der Waals surface area contributed by atoms with Gasteiger partial charge in [0, 0.05) is 18.3 Å². The average Bonchev–Trinajstić information content (AvgIpc) is 3.28. The molecule has 1 atom stereocenters. The molecule has 0 saturated carbocycles. The number of nitrogens with one attached hydrogen (secondary N) is 1. The summed E-state index contributed by atoms with van der Waals surface area (Å²) in [5, 5.41) is 5.39. The van der Waals surface area contributed by atoms with Crippen LogP contribution in [0.4, 0.5) is 4.39 Å². The van der Waals surface area contributed by atoms with Gasteiger partial charge >= 0.3 is 5.97 Å². The molecular formula is C27H28FN3O5S. The molecule has 0 bridgehead atoms. The first kappa shape index (κ1) is 26.3. The largest absolute Gasteiger partial charge is 0.497 e. The molecule has 2 aliphatic heterocycles. The summed E-state index contributed by atoms with van der Waals surface area (Å²) >= 11 is 1.39. The normalized spacial score (nSPS) is 16.6. The maximum atomic E-state index is 13.2. The zero-order chi connectivity index (χ0) is 26.5. The van der Waals surface area contributed by atoms with Crippen molar-refractivity contribution in [2.45, 2.75) is 32.9 Å². The highest BCUT2D eigenvalue weighted by molar-refractivity contribution is 8.16. The Morgan fingerprint density at radius 3 is 2.41 bits per heavy atom. The first-order valence-corrected chi connectivity index (χ1v) is 12.6. The van der Waals surface area contributed by atoms with Gasteiger partial charge in [-0.3, -0.25) is 4.79 Å². The van der Waals surface area contributed by atoms with Gasteiger partial charge in [-0.2, -0.15) is 0 Å². The van der Waals surface area contributed by atoms with Crippen molar-refractivity contribution >= 4 is 28.8 Å². The van der Waals surface area contributed by atoms with E-state index in [0.29, 0.717) is 33.6 Å². The lowest BCUT2D eigenvalue weighted by atomic mass is 9.93. The minimum Gasteiger partial charge on any atom is -0.497 e. The van der Waals surface area contributed by atoms with Gasteiger partial charge in [0.05, 0.1) is 44.6 Å². The summed E-state index contributed by atoms with van der Waals surface area (Å²) in [7, 11) is 3.12. The van der Waals surface area contributed by atoms with Crippen LogP contribution in [0.1, 0.15) is 37.4 Å². The molecular weight excluding hydrogens is 497 g/mol. The number of allylic oxidation sites excluding steroid dienone is 1. The van der Waals surface area contributed by atoms with Crippen molar-refractivity contribution in [2.24, 2.45) is 4.99 Å². The summed E-state index contributed by atoms with van der Waals surface area (Å²) < 4.78 is 29.5. The number of carbonyl (C=O) groups is 2. The van der Waals surface area contributed by atoms with E-state index in [-0.39, 0.29) is 31.3 Å². The van der Waals surface area contributed by atoms with E-state index in [4.69, 9.17) is 14.2 Å². The molecule has 4 rings (SSSR count). The molecule has 0 fully saturated rings. The van der Waals surface area contributed by atoms with E-state index < -0.39 is 12.0 Å². The number of aliphatic imine (C=N–C) groups is 1. The van der Waals surface area contributed by atoms with E-state index >= 15 is 0 Å². The van der Waals surface area contributed by atoms with Gasteiger partial charge in [0.2, 0.25) is 5.91 Å². The third-order valence-electron chi connectivity index (χ3n) is 5.93. The topological polar surface area (TPSA) is 89.5 Å². The number of rotatable bonds is 9. The Morgan fingerprint density at radius 2 is 1.78 bits per heavy atom. The Balaban J connectivity index is 1.65. The predicted molar refractivity (Wildman–Crippen MR) is 139 cm³/mol. The fraction of sp³-hybridized carbons (Fsp3) is 0.296. The summed E-state index contributed by atoms with van der Waals surface area (Å²) in [5.74, 6) is 0.0958. The molecule has 194 valence electrons. The lowest BCUT2D eigenvalue weighted by Crippen LogP contribution is -2.38. The average molecular weight is 526 g/mol. The van der Waals surface area contributed by atoms with Gasteiger partial charge in [-0.1, -0.05) is 23.9 Å². The Bertz CT molecular complexity index is 1270. The molecule has 0 aromatic heterocycles. The fourth-order valence-electron chi connectivity index (χ4n) is 4.17. The molecule has 0 aliphatic carbocycles. The van der Waals surface area contributed by atoms with E-state index in [2.05, 4.69) is 10.3 Å². The van der Waals surface area contributed by atoms with Crippen LogP contribution in [-0.2, 0) is 20.9 Å². The van der Waals surface area contributed by atoms with Gasteiger partial charge in [-0.25, -0.2) is 14.2 Å². The summed E-state index contributed by atoms with van der Waals surface area (Å²) in [6.45, 7) is 4.00. The van der Waals surface area contributed by atoms with E-state index in [9.17, 15) is 14.0 Å². The van der Waals surface area contributed by atoms with Crippen molar-refractivity contribution in [1.82, 2.24) is 10.2 Å². The Hall–Kier alpha value is -3.79. The third kappa shape index (κ3) is 5.80. The molecule has 1 unspecified atom stereocenters. The van der Waals surface area contributed by atoms with Crippen LogP contribution in [-0.4, -0.2) is 42.8 Å². The fourth-order valence-corrected chi connectivity index (χ4v) is 5.14. The summed E-state index contributed by atoms with van der Waals surface area (Å²) in [4.78, 5) is 32.6.